The third kappa shape index (κ3) is 3.99. The van der Waals surface area contributed by atoms with E-state index in [1.54, 1.807) is 48.5 Å². The molecule has 2 rings (SSSR count). The van der Waals surface area contributed by atoms with Gasteiger partial charge in [0.25, 0.3) is 0 Å². The Morgan fingerprint density at radius 1 is 0.864 bits per heavy atom. The molecule has 0 fully saturated rings. The maximum atomic E-state index is 12.0. The highest BCUT2D eigenvalue weighted by Crippen LogP contribution is 2.26. The Balaban J connectivity index is 2.11. The first-order valence-electron chi connectivity index (χ1n) is 6.58. The smallest absolute Gasteiger partial charge is 0.417 e. The van der Waals surface area contributed by atoms with Crippen LogP contribution in [0, 0.1) is 0 Å². The molecule has 0 heterocycles. The molecular weight excluding hydrogens is 284 g/mol. The standard InChI is InChI=1S/C16H16N2O4/c1-11(19)17-13-8-4-6-10-15(13)22-16(20)18-12-7-3-5-9-14(12)21-2/h3-10H,1-2H3,(H,17,19)(H,18,20). The molecule has 6 heteroatoms. The molecule has 2 aromatic carbocycles. The van der Waals surface area contributed by atoms with Crippen molar-refractivity contribution in [2.75, 3.05) is 17.7 Å². The van der Waals surface area contributed by atoms with Gasteiger partial charge in [-0.2, -0.15) is 0 Å². The van der Waals surface area contributed by atoms with Gasteiger partial charge in [0.05, 0.1) is 18.5 Å². The fraction of sp³-hybridized carbons (Fsp3) is 0.125. The summed E-state index contributed by atoms with van der Waals surface area (Å²) in [5.74, 6) is 0.529. The number of anilines is 2. The summed E-state index contributed by atoms with van der Waals surface area (Å²) >= 11 is 0. The number of rotatable bonds is 4. The van der Waals surface area contributed by atoms with E-state index < -0.39 is 6.09 Å². The van der Waals surface area contributed by atoms with Crippen LogP contribution in [0.4, 0.5) is 16.2 Å². The van der Waals surface area contributed by atoms with Crippen molar-refractivity contribution in [3.8, 4) is 11.5 Å². The highest BCUT2D eigenvalue weighted by Gasteiger charge is 2.12. The summed E-state index contributed by atoms with van der Waals surface area (Å²) < 4.78 is 10.4. The zero-order valence-electron chi connectivity index (χ0n) is 12.3. The number of ether oxygens (including phenoxy) is 2. The van der Waals surface area contributed by atoms with E-state index in [4.69, 9.17) is 9.47 Å². The fourth-order valence-corrected chi connectivity index (χ4v) is 1.83. The molecule has 2 amide bonds. The molecule has 0 aliphatic heterocycles. The molecule has 0 spiro atoms. The number of carbonyl (C=O) groups excluding carboxylic acids is 2. The summed E-state index contributed by atoms with van der Waals surface area (Å²) in [6, 6.07) is 13.7. The normalized spacial score (nSPS) is 9.73. The zero-order valence-corrected chi connectivity index (χ0v) is 12.3. The predicted molar refractivity (Wildman–Crippen MR) is 83.4 cm³/mol. The Bertz CT molecular complexity index is 685. The van der Waals surface area contributed by atoms with E-state index in [2.05, 4.69) is 10.6 Å². The Morgan fingerprint density at radius 3 is 2.00 bits per heavy atom. The largest absolute Gasteiger partial charge is 0.495 e. The second-order valence-electron chi connectivity index (χ2n) is 4.39. The van der Waals surface area contributed by atoms with Gasteiger partial charge in [0.15, 0.2) is 5.75 Å². The van der Waals surface area contributed by atoms with Crippen LogP contribution in [-0.2, 0) is 4.79 Å². The maximum absolute atomic E-state index is 12.0. The summed E-state index contributed by atoms with van der Waals surface area (Å²) in [5, 5.41) is 5.19. The molecule has 0 aliphatic rings. The van der Waals surface area contributed by atoms with Gasteiger partial charge in [-0.05, 0) is 24.3 Å². The molecule has 0 saturated heterocycles. The van der Waals surface area contributed by atoms with Crippen LogP contribution in [0.1, 0.15) is 6.92 Å². The van der Waals surface area contributed by atoms with Gasteiger partial charge >= 0.3 is 6.09 Å². The maximum Gasteiger partial charge on any atom is 0.417 e. The van der Waals surface area contributed by atoms with Crippen LogP contribution < -0.4 is 20.1 Å². The van der Waals surface area contributed by atoms with E-state index in [-0.39, 0.29) is 11.7 Å². The van der Waals surface area contributed by atoms with Crippen molar-refractivity contribution < 1.29 is 19.1 Å². The van der Waals surface area contributed by atoms with E-state index >= 15 is 0 Å². The lowest BCUT2D eigenvalue weighted by Gasteiger charge is -2.12. The first-order chi connectivity index (χ1) is 10.6. The molecule has 0 saturated carbocycles. The Morgan fingerprint density at radius 2 is 1.41 bits per heavy atom. The molecule has 2 aromatic rings. The Hall–Kier alpha value is -3.02. The second kappa shape index (κ2) is 7.12. The van der Waals surface area contributed by atoms with E-state index in [0.29, 0.717) is 17.1 Å². The lowest BCUT2D eigenvalue weighted by molar-refractivity contribution is -0.114. The van der Waals surface area contributed by atoms with Gasteiger partial charge < -0.3 is 14.8 Å². The molecule has 0 bridgehead atoms. The summed E-state index contributed by atoms with van der Waals surface area (Å²) in [7, 11) is 1.51. The topological polar surface area (TPSA) is 76.7 Å². The number of hydrogen-bond acceptors (Lipinski definition) is 4. The van der Waals surface area contributed by atoms with E-state index in [1.807, 2.05) is 0 Å². The van der Waals surface area contributed by atoms with Crippen molar-refractivity contribution >= 4 is 23.4 Å². The molecular formula is C16H16N2O4. The van der Waals surface area contributed by atoms with Crippen LogP contribution in [0.25, 0.3) is 0 Å². The molecule has 0 radical (unpaired) electrons. The quantitative estimate of drug-likeness (QED) is 0.908. The zero-order chi connectivity index (χ0) is 15.9. The summed E-state index contributed by atoms with van der Waals surface area (Å²) in [6.07, 6.45) is -0.678. The lowest BCUT2D eigenvalue weighted by Crippen LogP contribution is -2.18. The van der Waals surface area contributed by atoms with Crippen LogP contribution in [0.3, 0.4) is 0 Å². The molecule has 114 valence electrons. The van der Waals surface area contributed by atoms with Gasteiger partial charge in [0.2, 0.25) is 5.91 Å². The minimum atomic E-state index is -0.678. The van der Waals surface area contributed by atoms with Gasteiger partial charge in [0, 0.05) is 6.92 Å². The van der Waals surface area contributed by atoms with Crippen LogP contribution in [-0.4, -0.2) is 19.1 Å². The van der Waals surface area contributed by atoms with Crippen molar-refractivity contribution in [2.24, 2.45) is 0 Å². The predicted octanol–water partition coefficient (Wildman–Crippen LogP) is 3.26. The van der Waals surface area contributed by atoms with E-state index in [1.165, 1.54) is 14.0 Å². The Kier molecular flexibility index (Phi) is 4.98. The minimum absolute atomic E-state index is 0.249. The molecule has 0 aromatic heterocycles. The minimum Gasteiger partial charge on any atom is -0.495 e. The first kappa shape index (κ1) is 15.4. The summed E-state index contributed by atoms with van der Waals surface area (Å²) in [6.45, 7) is 1.38. The van der Waals surface area contributed by atoms with Gasteiger partial charge in [0.1, 0.15) is 5.75 Å². The van der Waals surface area contributed by atoms with Crippen LogP contribution in [0.15, 0.2) is 48.5 Å². The van der Waals surface area contributed by atoms with Crippen molar-refractivity contribution in [1.82, 2.24) is 0 Å². The average Bonchev–Trinajstić information content (AvgIpc) is 2.49. The highest BCUT2D eigenvalue weighted by molar-refractivity contribution is 5.93. The number of carbonyl (C=O) groups is 2. The number of amides is 2. The molecule has 2 N–H and O–H groups in total. The van der Waals surface area contributed by atoms with Crippen molar-refractivity contribution in [3.05, 3.63) is 48.5 Å². The average molecular weight is 300 g/mol. The molecule has 6 nitrogen and oxygen atoms in total. The van der Waals surface area contributed by atoms with Crippen molar-refractivity contribution in [3.63, 3.8) is 0 Å². The van der Waals surface area contributed by atoms with E-state index in [9.17, 15) is 9.59 Å². The van der Waals surface area contributed by atoms with Gasteiger partial charge in [-0.3, -0.25) is 10.1 Å². The number of para-hydroxylation sites is 4. The third-order valence-corrected chi connectivity index (χ3v) is 2.74. The third-order valence-electron chi connectivity index (χ3n) is 2.74. The lowest BCUT2D eigenvalue weighted by atomic mass is 10.3. The van der Waals surface area contributed by atoms with Crippen molar-refractivity contribution in [1.29, 1.82) is 0 Å². The van der Waals surface area contributed by atoms with Crippen molar-refractivity contribution in [2.45, 2.75) is 6.92 Å². The van der Waals surface area contributed by atoms with Crippen LogP contribution in [0.2, 0.25) is 0 Å². The number of hydrogen-bond donors (Lipinski definition) is 2. The number of methoxy groups -OCH3 is 1. The van der Waals surface area contributed by atoms with Crippen LogP contribution in [0.5, 0.6) is 11.5 Å². The molecule has 0 atom stereocenters. The van der Waals surface area contributed by atoms with E-state index in [0.717, 1.165) is 0 Å². The van der Waals surface area contributed by atoms with Gasteiger partial charge in [-0.25, -0.2) is 4.79 Å². The van der Waals surface area contributed by atoms with Crippen LogP contribution >= 0.6 is 0 Å². The molecule has 22 heavy (non-hydrogen) atoms. The highest BCUT2D eigenvalue weighted by atomic mass is 16.6. The monoisotopic (exact) mass is 300 g/mol. The summed E-state index contributed by atoms with van der Waals surface area (Å²) in [4.78, 5) is 23.1. The fourth-order valence-electron chi connectivity index (χ4n) is 1.83. The number of nitrogens with one attached hydrogen (secondary N) is 2. The van der Waals surface area contributed by atoms with Gasteiger partial charge in [-0.15, -0.1) is 0 Å². The van der Waals surface area contributed by atoms with Gasteiger partial charge in [-0.1, -0.05) is 24.3 Å². The number of benzene rings is 2. The second-order valence-corrected chi connectivity index (χ2v) is 4.39. The SMILES string of the molecule is COc1ccccc1NC(=O)Oc1ccccc1NC(C)=O. The summed E-state index contributed by atoms with van der Waals surface area (Å²) in [5.41, 5.74) is 0.914. The molecule has 0 unspecified atom stereocenters. The first-order valence-corrected chi connectivity index (χ1v) is 6.58. The molecule has 0 aliphatic carbocycles. The Labute approximate surface area is 128 Å².